The lowest BCUT2D eigenvalue weighted by molar-refractivity contribution is 0.0235. The van der Waals surface area contributed by atoms with Crippen molar-refractivity contribution < 1.29 is 9.90 Å². The van der Waals surface area contributed by atoms with Crippen LogP contribution in [0.25, 0.3) is 10.9 Å². The molecule has 1 fully saturated rings. The standard InChI is InChI=1S/C22H26N4O2/c1-4-14-5-6-20-18(8-14)19(7-13(2)24-20)22(28)25-21(15-9-17(27)10-15)16-11-23-26(3)12-16/h5-8,11-12,15,17,21,27H,4,9-10H2,1-3H3,(H,25,28)/t15?,17?,21-/m0/s1. The second-order valence-corrected chi connectivity index (χ2v) is 7.80. The van der Waals surface area contributed by atoms with Crippen LogP contribution in [0.5, 0.6) is 0 Å². The van der Waals surface area contributed by atoms with E-state index >= 15 is 0 Å². The molecule has 2 N–H and O–H groups in total. The molecule has 4 rings (SSSR count). The van der Waals surface area contributed by atoms with E-state index in [2.05, 4.69) is 34.5 Å². The molecule has 6 heteroatoms. The highest BCUT2D eigenvalue weighted by atomic mass is 16.3. The summed E-state index contributed by atoms with van der Waals surface area (Å²) in [5.74, 6) is 0.0996. The molecule has 0 spiro atoms. The third kappa shape index (κ3) is 3.52. The number of pyridine rings is 1. The first-order chi connectivity index (χ1) is 13.4. The summed E-state index contributed by atoms with van der Waals surface area (Å²) >= 11 is 0. The van der Waals surface area contributed by atoms with E-state index in [1.807, 2.05) is 32.3 Å². The van der Waals surface area contributed by atoms with E-state index in [0.29, 0.717) is 18.4 Å². The molecular formula is C22H26N4O2. The van der Waals surface area contributed by atoms with Gasteiger partial charge >= 0.3 is 0 Å². The molecule has 1 aliphatic carbocycles. The van der Waals surface area contributed by atoms with Crippen LogP contribution in [0.4, 0.5) is 0 Å². The van der Waals surface area contributed by atoms with E-state index in [1.54, 1.807) is 10.9 Å². The van der Waals surface area contributed by atoms with Gasteiger partial charge in [-0.15, -0.1) is 0 Å². The topological polar surface area (TPSA) is 80.0 Å². The first-order valence-corrected chi connectivity index (χ1v) is 9.82. The van der Waals surface area contributed by atoms with Crippen LogP contribution in [-0.4, -0.2) is 31.9 Å². The molecule has 1 amide bonds. The number of carbonyl (C=O) groups is 1. The number of hydrogen-bond acceptors (Lipinski definition) is 4. The molecule has 3 aromatic rings. The van der Waals surface area contributed by atoms with Crippen molar-refractivity contribution in [1.29, 1.82) is 0 Å². The van der Waals surface area contributed by atoms with Crippen molar-refractivity contribution in [3.63, 3.8) is 0 Å². The Morgan fingerprint density at radius 2 is 2.14 bits per heavy atom. The van der Waals surface area contributed by atoms with Gasteiger partial charge in [-0.2, -0.15) is 5.10 Å². The minimum absolute atomic E-state index is 0.112. The third-order valence-electron chi connectivity index (χ3n) is 5.65. The number of benzene rings is 1. The maximum Gasteiger partial charge on any atom is 0.252 e. The average molecular weight is 378 g/mol. The first kappa shape index (κ1) is 18.6. The van der Waals surface area contributed by atoms with Gasteiger partial charge in [-0.3, -0.25) is 14.5 Å². The molecular weight excluding hydrogens is 352 g/mol. The van der Waals surface area contributed by atoms with Gasteiger partial charge in [0.05, 0.1) is 29.4 Å². The number of aryl methyl sites for hydroxylation is 3. The lowest BCUT2D eigenvalue weighted by Gasteiger charge is -2.37. The molecule has 1 aliphatic rings. The van der Waals surface area contributed by atoms with Crippen LogP contribution in [-0.2, 0) is 13.5 Å². The molecule has 146 valence electrons. The van der Waals surface area contributed by atoms with Gasteiger partial charge in [0.15, 0.2) is 0 Å². The lowest BCUT2D eigenvalue weighted by Crippen LogP contribution is -2.41. The molecule has 28 heavy (non-hydrogen) atoms. The SMILES string of the molecule is CCc1ccc2nc(C)cc(C(=O)N[C@H](c3cnn(C)c3)C3CC(O)C3)c2c1. The number of amides is 1. The van der Waals surface area contributed by atoms with Gasteiger partial charge in [-0.05, 0) is 55.9 Å². The Hall–Kier alpha value is -2.73. The zero-order valence-electron chi connectivity index (χ0n) is 16.5. The van der Waals surface area contributed by atoms with Crippen LogP contribution in [0.15, 0.2) is 36.7 Å². The van der Waals surface area contributed by atoms with E-state index in [1.165, 1.54) is 5.56 Å². The van der Waals surface area contributed by atoms with Gasteiger partial charge in [0, 0.05) is 29.9 Å². The molecule has 2 heterocycles. The van der Waals surface area contributed by atoms with Gasteiger partial charge < -0.3 is 10.4 Å². The predicted molar refractivity (Wildman–Crippen MR) is 108 cm³/mol. The van der Waals surface area contributed by atoms with Crippen molar-refractivity contribution in [3.8, 4) is 0 Å². The molecule has 0 saturated heterocycles. The summed E-state index contributed by atoms with van der Waals surface area (Å²) in [4.78, 5) is 17.9. The van der Waals surface area contributed by atoms with E-state index in [4.69, 9.17) is 0 Å². The van der Waals surface area contributed by atoms with Crippen molar-refractivity contribution >= 4 is 16.8 Å². The number of carbonyl (C=O) groups excluding carboxylic acids is 1. The number of aliphatic hydroxyl groups excluding tert-OH is 1. The maximum atomic E-state index is 13.3. The Bertz CT molecular complexity index is 1020. The Balaban J connectivity index is 1.69. The van der Waals surface area contributed by atoms with Gasteiger partial charge in [0.25, 0.3) is 5.91 Å². The molecule has 6 nitrogen and oxygen atoms in total. The molecule has 1 aromatic carbocycles. The van der Waals surface area contributed by atoms with Crippen LogP contribution in [0.3, 0.4) is 0 Å². The molecule has 2 aromatic heterocycles. The number of aromatic nitrogens is 3. The fourth-order valence-electron chi connectivity index (χ4n) is 4.01. The van der Waals surface area contributed by atoms with Crippen molar-refractivity contribution in [3.05, 3.63) is 59.0 Å². The summed E-state index contributed by atoms with van der Waals surface area (Å²) in [5.41, 5.74) is 4.44. The summed E-state index contributed by atoms with van der Waals surface area (Å²) in [6.07, 6.45) is 5.73. The third-order valence-corrected chi connectivity index (χ3v) is 5.65. The second-order valence-electron chi connectivity index (χ2n) is 7.80. The van der Waals surface area contributed by atoms with Crippen molar-refractivity contribution in [2.24, 2.45) is 13.0 Å². The summed E-state index contributed by atoms with van der Waals surface area (Å²) in [5, 5.41) is 18.1. The highest BCUT2D eigenvalue weighted by Crippen LogP contribution is 2.38. The summed E-state index contributed by atoms with van der Waals surface area (Å²) in [7, 11) is 1.87. The van der Waals surface area contributed by atoms with Gasteiger partial charge in [-0.25, -0.2) is 0 Å². The molecule has 0 aliphatic heterocycles. The van der Waals surface area contributed by atoms with Crippen LogP contribution in [0.1, 0.15) is 53.0 Å². The molecule has 1 saturated carbocycles. The number of nitrogens with zero attached hydrogens (tertiary/aromatic N) is 3. The summed E-state index contributed by atoms with van der Waals surface area (Å²) < 4.78 is 1.74. The van der Waals surface area contributed by atoms with E-state index in [-0.39, 0.29) is 24.0 Å². The van der Waals surface area contributed by atoms with Crippen molar-refractivity contribution in [2.45, 2.75) is 45.3 Å². The monoisotopic (exact) mass is 378 g/mol. The van der Waals surface area contributed by atoms with E-state index in [9.17, 15) is 9.90 Å². The highest BCUT2D eigenvalue weighted by molar-refractivity contribution is 6.06. The fraction of sp³-hybridized carbons (Fsp3) is 0.409. The molecule has 0 radical (unpaired) electrons. The largest absolute Gasteiger partial charge is 0.393 e. The average Bonchev–Trinajstić information content (AvgIpc) is 3.08. The normalized spacial score (nSPS) is 20.0. The van der Waals surface area contributed by atoms with Crippen molar-refractivity contribution in [1.82, 2.24) is 20.1 Å². The fourth-order valence-corrected chi connectivity index (χ4v) is 4.01. The summed E-state index contributed by atoms with van der Waals surface area (Å²) in [6.45, 7) is 4.01. The maximum absolute atomic E-state index is 13.3. The number of nitrogens with one attached hydrogen (secondary N) is 1. The van der Waals surface area contributed by atoms with Crippen molar-refractivity contribution in [2.75, 3.05) is 0 Å². The summed E-state index contributed by atoms with van der Waals surface area (Å²) in [6, 6.07) is 7.79. The van der Waals surface area contributed by atoms with Gasteiger partial charge in [0.2, 0.25) is 0 Å². The van der Waals surface area contributed by atoms with Crippen LogP contribution in [0, 0.1) is 12.8 Å². The molecule has 1 atom stereocenters. The minimum Gasteiger partial charge on any atom is -0.393 e. The quantitative estimate of drug-likeness (QED) is 0.715. The number of rotatable bonds is 5. The van der Waals surface area contributed by atoms with Crippen LogP contribution < -0.4 is 5.32 Å². The van der Waals surface area contributed by atoms with Crippen LogP contribution in [0.2, 0.25) is 0 Å². The zero-order valence-corrected chi connectivity index (χ0v) is 16.5. The zero-order chi connectivity index (χ0) is 19.8. The molecule has 0 bridgehead atoms. The second kappa shape index (κ2) is 7.36. The Morgan fingerprint density at radius 1 is 1.36 bits per heavy atom. The van der Waals surface area contributed by atoms with E-state index in [0.717, 1.165) is 28.6 Å². The lowest BCUT2D eigenvalue weighted by atomic mass is 9.75. The number of aliphatic hydroxyl groups is 1. The Labute approximate surface area is 164 Å². The smallest absolute Gasteiger partial charge is 0.252 e. The minimum atomic E-state index is -0.280. The van der Waals surface area contributed by atoms with Gasteiger partial charge in [-0.1, -0.05) is 13.0 Å². The van der Waals surface area contributed by atoms with E-state index < -0.39 is 0 Å². The Kier molecular flexibility index (Phi) is 4.89. The first-order valence-electron chi connectivity index (χ1n) is 9.82. The predicted octanol–water partition coefficient (Wildman–Crippen LogP) is 3.08. The molecule has 0 unspecified atom stereocenters. The van der Waals surface area contributed by atoms with Crippen LogP contribution >= 0.6 is 0 Å². The number of hydrogen-bond donors (Lipinski definition) is 2. The number of fused-ring (bicyclic) bond motifs is 1. The van der Waals surface area contributed by atoms with Gasteiger partial charge in [0.1, 0.15) is 0 Å². The highest BCUT2D eigenvalue weighted by Gasteiger charge is 2.36. The Morgan fingerprint density at radius 3 is 2.79 bits per heavy atom.